The van der Waals surface area contributed by atoms with E-state index in [-0.39, 0.29) is 18.1 Å². The van der Waals surface area contributed by atoms with Gasteiger partial charge in [0.15, 0.2) is 0 Å². The second-order valence-corrected chi connectivity index (χ2v) is 12.1. The highest BCUT2D eigenvalue weighted by molar-refractivity contribution is 7.80. The molecule has 3 heterocycles. The average molecular weight is 595 g/mol. The number of carbonyl (C=O) groups excluding carboxylic acids is 4. The molecule has 2 atom stereocenters. The summed E-state index contributed by atoms with van der Waals surface area (Å²) in [6, 6.07) is -0.761. The largest absolute Gasteiger partial charge is 0.444 e. The SMILES string of the molecule is CC(C)(C)OC(=O)/N=C(\NC(=O)OC(C)(C)C)N1CCC(ONC=O)C1.O=C1N2CCCC(C2)N1OS(=O)(=O)O. The summed E-state index contributed by atoms with van der Waals surface area (Å²) in [6.45, 7) is 12.2. The van der Waals surface area contributed by atoms with Gasteiger partial charge in [0.1, 0.15) is 17.3 Å². The highest BCUT2D eigenvalue weighted by Gasteiger charge is 2.43. The van der Waals surface area contributed by atoms with Crippen molar-refractivity contribution in [3.63, 3.8) is 0 Å². The molecule has 18 heteroatoms. The molecule has 228 valence electrons. The van der Waals surface area contributed by atoms with E-state index in [1.807, 2.05) is 0 Å². The monoisotopic (exact) mass is 594 g/mol. The number of nitrogens with zero attached hydrogens (tertiary/aromatic N) is 4. The van der Waals surface area contributed by atoms with Gasteiger partial charge < -0.3 is 19.3 Å². The molecule has 0 saturated carbocycles. The van der Waals surface area contributed by atoms with Crippen molar-refractivity contribution in [2.24, 2.45) is 4.99 Å². The maximum atomic E-state index is 12.1. The maximum Gasteiger partial charge on any atom is 0.437 e. The number of nitrogens with one attached hydrogen (secondary N) is 2. The highest BCUT2D eigenvalue weighted by atomic mass is 32.3. The number of likely N-dealkylation sites (tertiary alicyclic amines) is 1. The van der Waals surface area contributed by atoms with Crippen molar-refractivity contribution >= 4 is 41.0 Å². The molecule has 3 aliphatic rings. The third kappa shape index (κ3) is 11.5. The quantitative estimate of drug-likeness (QED) is 0.135. The number of aliphatic imine (C=N–C) groups is 1. The van der Waals surface area contributed by atoms with Gasteiger partial charge in [-0.15, -0.1) is 9.28 Å². The van der Waals surface area contributed by atoms with Gasteiger partial charge in [-0.2, -0.15) is 13.5 Å². The van der Waals surface area contributed by atoms with E-state index >= 15 is 0 Å². The number of piperidine rings is 1. The van der Waals surface area contributed by atoms with Crippen LogP contribution in [0.15, 0.2) is 4.99 Å². The molecule has 3 fully saturated rings. The highest BCUT2D eigenvalue weighted by Crippen LogP contribution is 2.26. The van der Waals surface area contributed by atoms with Crippen LogP contribution in [0.5, 0.6) is 0 Å². The number of hydrogen-bond acceptors (Lipinski definition) is 10. The first-order valence-electron chi connectivity index (χ1n) is 12.5. The summed E-state index contributed by atoms with van der Waals surface area (Å²) >= 11 is 0. The molecule has 2 unspecified atom stereocenters. The smallest absolute Gasteiger partial charge is 0.437 e. The fraction of sp³-hybridized carbons (Fsp3) is 0.773. The lowest BCUT2D eigenvalue weighted by Gasteiger charge is -2.24. The van der Waals surface area contributed by atoms with Gasteiger partial charge in [-0.1, -0.05) is 0 Å². The number of carbonyl (C=O) groups is 4. The molecule has 0 radical (unpaired) electrons. The number of hydroxylamine groups is 3. The average Bonchev–Trinajstić information content (AvgIpc) is 3.33. The Bertz CT molecular complexity index is 1070. The molecule has 3 aliphatic heterocycles. The van der Waals surface area contributed by atoms with Gasteiger partial charge in [-0.05, 0) is 60.8 Å². The Morgan fingerprint density at radius 2 is 1.70 bits per heavy atom. The Hall–Kier alpha value is -3.22. The Morgan fingerprint density at radius 1 is 1.05 bits per heavy atom. The molecule has 2 bridgehead atoms. The molecular formula is C22H38N6O11S. The molecule has 3 N–H and O–H groups in total. The van der Waals surface area contributed by atoms with Gasteiger partial charge in [0.05, 0.1) is 6.04 Å². The van der Waals surface area contributed by atoms with E-state index in [2.05, 4.69) is 20.1 Å². The van der Waals surface area contributed by atoms with Crippen molar-refractivity contribution < 1.29 is 50.7 Å². The lowest BCUT2D eigenvalue weighted by molar-refractivity contribution is -0.124. The number of fused-ring (bicyclic) bond motifs is 2. The van der Waals surface area contributed by atoms with Gasteiger partial charge in [-0.3, -0.25) is 19.5 Å². The van der Waals surface area contributed by atoms with Crippen LogP contribution >= 0.6 is 0 Å². The van der Waals surface area contributed by atoms with Gasteiger partial charge in [0.25, 0.3) is 0 Å². The second kappa shape index (κ2) is 13.4. The van der Waals surface area contributed by atoms with E-state index in [1.165, 1.54) is 4.90 Å². The van der Waals surface area contributed by atoms with Crippen LogP contribution < -0.4 is 10.8 Å². The fourth-order valence-electron chi connectivity index (χ4n) is 3.89. The summed E-state index contributed by atoms with van der Waals surface area (Å²) in [5, 5.41) is 3.22. The lowest BCUT2D eigenvalue weighted by atomic mass is 10.1. The first-order chi connectivity index (χ1) is 18.4. The zero-order valence-electron chi connectivity index (χ0n) is 23.4. The summed E-state index contributed by atoms with van der Waals surface area (Å²) < 4.78 is 43.9. The summed E-state index contributed by atoms with van der Waals surface area (Å²) in [5.41, 5.74) is 0.720. The van der Waals surface area contributed by atoms with E-state index in [1.54, 1.807) is 46.4 Å². The van der Waals surface area contributed by atoms with Crippen LogP contribution in [0.25, 0.3) is 0 Å². The molecule has 0 aliphatic carbocycles. The van der Waals surface area contributed by atoms with E-state index in [4.69, 9.17) is 18.9 Å². The first-order valence-corrected chi connectivity index (χ1v) is 13.9. The zero-order valence-corrected chi connectivity index (χ0v) is 24.2. The topological polar surface area (TPSA) is 206 Å². The minimum Gasteiger partial charge on any atom is -0.444 e. The van der Waals surface area contributed by atoms with Crippen LogP contribution in [0, 0.1) is 0 Å². The minimum atomic E-state index is -4.60. The van der Waals surface area contributed by atoms with Crippen molar-refractivity contribution in [1.82, 2.24) is 25.7 Å². The number of guanidine groups is 1. The molecular weight excluding hydrogens is 556 g/mol. The lowest BCUT2D eigenvalue weighted by Crippen LogP contribution is -2.46. The van der Waals surface area contributed by atoms with Crippen LogP contribution in [0.1, 0.15) is 60.8 Å². The minimum absolute atomic E-state index is 0.00528. The normalized spacial score (nSPS) is 21.4. The Balaban J connectivity index is 0.000000333. The van der Waals surface area contributed by atoms with Crippen LogP contribution in [-0.4, -0.2) is 108 Å². The first kappa shape index (κ1) is 33.0. The number of ether oxygens (including phenoxy) is 2. The van der Waals surface area contributed by atoms with Crippen LogP contribution in [0.3, 0.4) is 0 Å². The Kier molecular flexibility index (Phi) is 11.1. The van der Waals surface area contributed by atoms with Crippen LogP contribution in [0.2, 0.25) is 0 Å². The summed E-state index contributed by atoms with van der Waals surface area (Å²) in [5.74, 6) is 0.00528. The second-order valence-electron chi connectivity index (χ2n) is 11.1. The van der Waals surface area contributed by atoms with E-state index in [0.717, 1.165) is 11.5 Å². The Morgan fingerprint density at radius 3 is 2.25 bits per heavy atom. The third-order valence-corrected chi connectivity index (χ3v) is 5.64. The molecule has 0 spiro atoms. The zero-order chi connectivity index (χ0) is 30.3. The standard InChI is InChI=1S/C16H28N4O6.C6H10N2O5S/c1-15(2,3)24-13(22)18-12(19-14(23)25-16(4,5)6)20-8-7-11(9-20)26-17-10-21;9-6-7-3-1-2-5(4-7)8(6)13-14(10,11)12/h10-11H,7-9H2,1-6H3,(H,17,21)(H,18,19,22,23);5H,1-4H2,(H,10,11,12). The summed E-state index contributed by atoms with van der Waals surface area (Å²) in [6.07, 6.45) is 0.639. The molecule has 0 aromatic rings. The van der Waals surface area contributed by atoms with E-state index in [0.29, 0.717) is 45.4 Å². The fourth-order valence-corrected chi connectivity index (χ4v) is 4.28. The van der Waals surface area contributed by atoms with Crippen molar-refractivity contribution in [2.45, 2.75) is 84.2 Å². The molecule has 3 rings (SSSR count). The van der Waals surface area contributed by atoms with Crippen molar-refractivity contribution in [1.29, 1.82) is 0 Å². The molecule has 17 nitrogen and oxygen atoms in total. The predicted octanol–water partition coefficient (Wildman–Crippen LogP) is 1.17. The number of urea groups is 1. The molecule has 0 aromatic heterocycles. The predicted molar refractivity (Wildman–Crippen MR) is 138 cm³/mol. The summed E-state index contributed by atoms with van der Waals surface area (Å²) in [7, 11) is -4.60. The molecule has 5 amide bonds. The maximum absolute atomic E-state index is 12.1. The van der Waals surface area contributed by atoms with E-state index in [9.17, 15) is 27.6 Å². The number of amides is 5. The van der Waals surface area contributed by atoms with E-state index < -0.39 is 39.8 Å². The summed E-state index contributed by atoms with van der Waals surface area (Å²) in [4.78, 5) is 58.0. The number of alkyl carbamates (subject to hydrolysis) is 1. The van der Waals surface area contributed by atoms with Crippen molar-refractivity contribution in [3.8, 4) is 0 Å². The Labute approximate surface area is 233 Å². The molecule has 40 heavy (non-hydrogen) atoms. The third-order valence-electron chi connectivity index (χ3n) is 5.29. The van der Waals surface area contributed by atoms with Crippen LogP contribution in [0.4, 0.5) is 14.4 Å². The number of rotatable bonds is 5. The van der Waals surface area contributed by atoms with Gasteiger partial charge in [0.2, 0.25) is 12.4 Å². The van der Waals surface area contributed by atoms with Crippen molar-refractivity contribution in [3.05, 3.63) is 0 Å². The van der Waals surface area contributed by atoms with Gasteiger partial charge in [0, 0.05) is 26.2 Å². The number of hydrogen-bond donors (Lipinski definition) is 3. The molecule has 3 saturated heterocycles. The van der Waals surface area contributed by atoms with Crippen LogP contribution in [-0.2, 0) is 33.8 Å². The van der Waals surface area contributed by atoms with Gasteiger partial charge in [-0.25, -0.2) is 19.9 Å². The van der Waals surface area contributed by atoms with Gasteiger partial charge >= 0.3 is 28.6 Å². The van der Waals surface area contributed by atoms with Crippen molar-refractivity contribution in [2.75, 3.05) is 26.2 Å². The molecule has 0 aromatic carbocycles.